The van der Waals surface area contributed by atoms with Gasteiger partial charge in [-0.1, -0.05) is 42.0 Å². The summed E-state index contributed by atoms with van der Waals surface area (Å²) in [7, 11) is 1.85. The Morgan fingerprint density at radius 3 is 2.81 bits per heavy atom. The van der Waals surface area contributed by atoms with Gasteiger partial charge in [0.1, 0.15) is 0 Å². The van der Waals surface area contributed by atoms with Gasteiger partial charge in [0, 0.05) is 33.3 Å². The lowest BCUT2D eigenvalue weighted by Gasteiger charge is -2.31. The molecule has 5 heteroatoms. The van der Waals surface area contributed by atoms with E-state index < -0.39 is 0 Å². The van der Waals surface area contributed by atoms with Gasteiger partial charge in [-0.2, -0.15) is 0 Å². The summed E-state index contributed by atoms with van der Waals surface area (Å²) in [5.74, 6) is 0.976. The van der Waals surface area contributed by atoms with Crippen LogP contribution in [0.25, 0.3) is 6.08 Å². The van der Waals surface area contributed by atoms with Crippen molar-refractivity contribution in [3.63, 3.8) is 0 Å². The van der Waals surface area contributed by atoms with Gasteiger partial charge in [0.05, 0.1) is 19.3 Å². The maximum Gasteiger partial charge on any atom is 0.193 e. The van der Waals surface area contributed by atoms with Gasteiger partial charge in [0.2, 0.25) is 0 Å². The van der Waals surface area contributed by atoms with Crippen molar-refractivity contribution in [2.24, 2.45) is 4.99 Å². The molecule has 0 amide bonds. The second-order valence-electron chi connectivity index (χ2n) is 6.88. The van der Waals surface area contributed by atoms with Crippen LogP contribution in [-0.2, 0) is 9.47 Å². The molecule has 2 heterocycles. The molecule has 0 bridgehead atoms. The predicted octanol–water partition coefficient (Wildman–Crippen LogP) is 2.94. The van der Waals surface area contributed by atoms with Gasteiger partial charge in [-0.3, -0.25) is 4.99 Å². The molecule has 1 atom stereocenters. The van der Waals surface area contributed by atoms with E-state index in [-0.39, 0.29) is 0 Å². The SMILES string of the molecule is CN=C(NCCOCC1CCCO1)N1CCC(=Cc2ccccc2)CC1. The molecule has 0 spiro atoms. The third-order valence-electron chi connectivity index (χ3n) is 4.94. The third kappa shape index (κ3) is 5.85. The van der Waals surface area contributed by atoms with E-state index in [1.165, 1.54) is 11.1 Å². The highest BCUT2D eigenvalue weighted by Gasteiger charge is 2.17. The first-order valence-electron chi connectivity index (χ1n) is 9.74. The Labute approximate surface area is 157 Å². The second kappa shape index (κ2) is 10.3. The summed E-state index contributed by atoms with van der Waals surface area (Å²) in [6.07, 6.45) is 7.09. The fourth-order valence-corrected chi connectivity index (χ4v) is 3.49. The predicted molar refractivity (Wildman–Crippen MR) is 106 cm³/mol. The van der Waals surface area contributed by atoms with Crippen LogP contribution in [0.4, 0.5) is 0 Å². The van der Waals surface area contributed by atoms with Crippen molar-refractivity contribution in [3.8, 4) is 0 Å². The Kier molecular flexibility index (Phi) is 7.52. The first kappa shape index (κ1) is 18.9. The molecular weight excluding hydrogens is 326 g/mol. The highest BCUT2D eigenvalue weighted by Crippen LogP contribution is 2.19. The lowest BCUT2D eigenvalue weighted by molar-refractivity contribution is 0.0190. The van der Waals surface area contributed by atoms with E-state index in [9.17, 15) is 0 Å². The van der Waals surface area contributed by atoms with E-state index in [0.717, 1.165) is 57.9 Å². The van der Waals surface area contributed by atoms with Gasteiger partial charge in [-0.05, 0) is 31.2 Å². The van der Waals surface area contributed by atoms with Crippen LogP contribution < -0.4 is 5.32 Å². The van der Waals surface area contributed by atoms with Gasteiger partial charge in [-0.25, -0.2) is 0 Å². The van der Waals surface area contributed by atoms with Gasteiger partial charge >= 0.3 is 0 Å². The fourth-order valence-electron chi connectivity index (χ4n) is 3.49. The van der Waals surface area contributed by atoms with E-state index in [4.69, 9.17) is 9.47 Å². The highest BCUT2D eigenvalue weighted by molar-refractivity contribution is 5.80. The molecule has 2 aliphatic rings. The first-order chi connectivity index (χ1) is 12.8. The van der Waals surface area contributed by atoms with Crippen molar-refractivity contribution >= 4 is 12.0 Å². The van der Waals surface area contributed by atoms with Crippen molar-refractivity contribution in [2.45, 2.75) is 31.8 Å². The van der Waals surface area contributed by atoms with Crippen molar-refractivity contribution in [1.82, 2.24) is 10.2 Å². The Hall–Kier alpha value is -1.85. The summed E-state index contributed by atoms with van der Waals surface area (Å²) in [6.45, 7) is 5.07. The number of rotatable bonds is 6. The van der Waals surface area contributed by atoms with Crippen LogP contribution in [-0.4, -0.2) is 63.5 Å². The maximum absolute atomic E-state index is 5.71. The maximum atomic E-state index is 5.71. The molecule has 5 nitrogen and oxygen atoms in total. The lowest BCUT2D eigenvalue weighted by Crippen LogP contribution is -2.45. The Morgan fingerprint density at radius 2 is 2.12 bits per heavy atom. The summed E-state index contributed by atoms with van der Waals surface area (Å²) in [4.78, 5) is 6.76. The Bertz CT molecular complexity index is 585. The van der Waals surface area contributed by atoms with E-state index in [1.54, 1.807) is 0 Å². The minimum Gasteiger partial charge on any atom is -0.377 e. The molecule has 2 saturated heterocycles. The number of nitrogens with zero attached hydrogens (tertiary/aromatic N) is 2. The largest absolute Gasteiger partial charge is 0.377 e. The average Bonchev–Trinajstić information content (AvgIpc) is 3.20. The minimum absolute atomic E-state index is 0.297. The van der Waals surface area contributed by atoms with Crippen LogP contribution in [0, 0.1) is 0 Å². The summed E-state index contributed by atoms with van der Waals surface area (Å²) < 4.78 is 11.3. The molecule has 3 rings (SSSR count). The standard InChI is InChI=1S/C21H31N3O2/c1-22-21(23-11-15-25-17-20-8-5-14-26-20)24-12-9-19(10-13-24)16-18-6-3-2-4-7-18/h2-4,6-7,16,20H,5,8-15,17H2,1H3,(H,22,23). The lowest BCUT2D eigenvalue weighted by atomic mass is 10.0. The van der Waals surface area contributed by atoms with Gasteiger partial charge < -0.3 is 19.7 Å². The van der Waals surface area contributed by atoms with Gasteiger partial charge in [0.15, 0.2) is 5.96 Å². The summed E-state index contributed by atoms with van der Waals surface area (Å²) in [6, 6.07) is 10.6. The smallest absolute Gasteiger partial charge is 0.193 e. The number of guanidine groups is 1. The molecule has 0 aliphatic carbocycles. The van der Waals surface area contributed by atoms with Crippen LogP contribution in [0.15, 0.2) is 40.9 Å². The molecule has 0 aromatic heterocycles. The van der Waals surface area contributed by atoms with E-state index in [1.807, 2.05) is 7.05 Å². The second-order valence-corrected chi connectivity index (χ2v) is 6.88. The third-order valence-corrected chi connectivity index (χ3v) is 4.94. The molecule has 1 N–H and O–H groups in total. The summed E-state index contributed by atoms with van der Waals surface area (Å²) in [5.41, 5.74) is 2.81. The number of hydrogen-bond donors (Lipinski definition) is 1. The zero-order valence-corrected chi connectivity index (χ0v) is 15.8. The summed E-state index contributed by atoms with van der Waals surface area (Å²) >= 11 is 0. The monoisotopic (exact) mass is 357 g/mol. The molecular formula is C21H31N3O2. The Morgan fingerprint density at radius 1 is 1.31 bits per heavy atom. The van der Waals surface area contributed by atoms with E-state index in [2.05, 4.69) is 51.6 Å². The molecule has 2 fully saturated rings. The highest BCUT2D eigenvalue weighted by atomic mass is 16.5. The van der Waals surface area contributed by atoms with E-state index >= 15 is 0 Å². The molecule has 0 radical (unpaired) electrons. The molecule has 1 aromatic carbocycles. The fraction of sp³-hybridized carbons (Fsp3) is 0.571. The molecule has 1 unspecified atom stereocenters. The van der Waals surface area contributed by atoms with Crippen LogP contribution >= 0.6 is 0 Å². The topological polar surface area (TPSA) is 46.1 Å². The molecule has 142 valence electrons. The molecule has 26 heavy (non-hydrogen) atoms. The van der Waals surface area contributed by atoms with Crippen LogP contribution in [0.5, 0.6) is 0 Å². The number of hydrogen-bond acceptors (Lipinski definition) is 3. The van der Waals surface area contributed by atoms with Gasteiger partial charge in [-0.15, -0.1) is 0 Å². The number of ether oxygens (including phenoxy) is 2. The van der Waals surface area contributed by atoms with Crippen molar-refractivity contribution < 1.29 is 9.47 Å². The van der Waals surface area contributed by atoms with Crippen molar-refractivity contribution in [2.75, 3.05) is 46.5 Å². The van der Waals surface area contributed by atoms with Crippen LogP contribution in [0.1, 0.15) is 31.2 Å². The summed E-state index contributed by atoms with van der Waals surface area (Å²) in [5, 5.41) is 3.42. The minimum atomic E-state index is 0.297. The zero-order valence-electron chi connectivity index (χ0n) is 15.8. The molecule has 0 saturated carbocycles. The Balaban J connectivity index is 1.36. The van der Waals surface area contributed by atoms with Crippen LogP contribution in [0.3, 0.4) is 0 Å². The number of aliphatic imine (C=N–C) groups is 1. The first-order valence-corrected chi connectivity index (χ1v) is 9.74. The zero-order chi connectivity index (χ0) is 18.0. The number of nitrogens with one attached hydrogen (secondary N) is 1. The number of likely N-dealkylation sites (tertiary alicyclic amines) is 1. The number of piperidine rings is 1. The number of benzene rings is 1. The van der Waals surface area contributed by atoms with Crippen LogP contribution in [0.2, 0.25) is 0 Å². The van der Waals surface area contributed by atoms with Crippen molar-refractivity contribution in [1.29, 1.82) is 0 Å². The van der Waals surface area contributed by atoms with Crippen molar-refractivity contribution in [3.05, 3.63) is 41.5 Å². The van der Waals surface area contributed by atoms with E-state index in [0.29, 0.717) is 19.3 Å². The molecule has 1 aromatic rings. The average molecular weight is 357 g/mol. The van der Waals surface area contributed by atoms with Gasteiger partial charge in [0.25, 0.3) is 0 Å². The molecule has 2 aliphatic heterocycles. The quantitative estimate of drug-likeness (QED) is 0.483. The normalized spacial score (nSPS) is 21.1.